The molecule has 4 rings (SSSR count). The van der Waals surface area contributed by atoms with Gasteiger partial charge in [-0.3, -0.25) is 14.4 Å². The number of aliphatic hydroxyl groups is 1. The maximum atomic E-state index is 13.1. The highest BCUT2D eigenvalue weighted by atomic mass is 16.3. The van der Waals surface area contributed by atoms with Crippen molar-refractivity contribution < 1.29 is 19.5 Å². The summed E-state index contributed by atoms with van der Waals surface area (Å²) in [5.41, 5.74) is -1.70. The molecule has 0 aromatic carbocycles. The molecule has 3 saturated carbocycles. The van der Waals surface area contributed by atoms with Crippen molar-refractivity contribution in [3.63, 3.8) is 0 Å². The average Bonchev–Trinajstić information content (AvgIpc) is 2.77. The number of carbonyl (C=O) groups is 3. The Morgan fingerprint density at radius 3 is 2.43 bits per heavy atom. The predicted octanol–water partition coefficient (Wildman–Crippen LogP) is 2.38. The highest BCUT2D eigenvalue weighted by Crippen LogP contribution is 2.64. The molecule has 0 radical (unpaired) electrons. The summed E-state index contributed by atoms with van der Waals surface area (Å²) in [5.74, 6) is 0.0371. The van der Waals surface area contributed by atoms with Crippen LogP contribution in [0.25, 0.3) is 0 Å². The zero-order chi connectivity index (χ0) is 16.6. The van der Waals surface area contributed by atoms with Crippen molar-refractivity contribution in [2.24, 2.45) is 22.7 Å². The van der Waals surface area contributed by atoms with Crippen LogP contribution in [-0.2, 0) is 14.4 Å². The number of fused-ring (bicyclic) bond motifs is 5. The predicted molar refractivity (Wildman–Crippen MR) is 83.6 cm³/mol. The molecule has 23 heavy (non-hydrogen) atoms. The topological polar surface area (TPSA) is 71.4 Å². The van der Waals surface area contributed by atoms with E-state index in [1.54, 1.807) is 6.08 Å². The fraction of sp³-hybridized carbons (Fsp3) is 0.737. The molecule has 0 amide bonds. The first-order chi connectivity index (χ1) is 10.7. The first kappa shape index (κ1) is 15.3. The van der Waals surface area contributed by atoms with Crippen molar-refractivity contribution >= 4 is 17.3 Å². The molecule has 0 unspecified atom stereocenters. The van der Waals surface area contributed by atoms with Crippen LogP contribution in [0.3, 0.4) is 0 Å². The van der Waals surface area contributed by atoms with Gasteiger partial charge in [-0.05, 0) is 43.6 Å². The van der Waals surface area contributed by atoms with Gasteiger partial charge in [0.15, 0.2) is 11.6 Å². The molecule has 4 aliphatic carbocycles. The largest absolute Gasteiger partial charge is 0.381 e. The van der Waals surface area contributed by atoms with Crippen LogP contribution in [0.2, 0.25) is 0 Å². The first-order valence-corrected chi connectivity index (χ1v) is 8.76. The molecule has 0 aromatic heterocycles. The van der Waals surface area contributed by atoms with Gasteiger partial charge in [0.2, 0.25) is 0 Å². The number of ketones is 3. The summed E-state index contributed by atoms with van der Waals surface area (Å²) in [6.45, 7) is 3.87. The first-order valence-electron chi connectivity index (χ1n) is 8.76. The Morgan fingerprint density at radius 2 is 1.70 bits per heavy atom. The standard InChI is InChI=1S/C19H24O4/c1-17-10-16(22)19(23)14(13(17)5-6-15(17)21)4-3-11-9-12(20)7-8-18(11,19)2/h9,13-14,23H,3-8,10H2,1-2H3/t13-,14-,17-,18-,19-/m0/s1. The molecule has 0 heterocycles. The van der Waals surface area contributed by atoms with Crippen LogP contribution in [0.4, 0.5) is 0 Å². The summed E-state index contributed by atoms with van der Waals surface area (Å²) in [4.78, 5) is 37.2. The van der Waals surface area contributed by atoms with Crippen molar-refractivity contribution in [1.82, 2.24) is 0 Å². The number of hydrogen-bond donors (Lipinski definition) is 1. The van der Waals surface area contributed by atoms with Crippen LogP contribution in [-0.4, -0.2) is 28.1 Å². The Morgan fingerprint density at radius 1 is 1.00 bits per heavy atom. The Bertz CT molecular complexity index is 662. The minimum atomic E-state index is -1.41. The molecule has 3 fully saturated rings. The Balaban J connectivity index is 1.85. The monoisotopic (exact) mass is 316 g/mol. The lowest BCUT2D eigenvalue weighted by molar-refractivity contribution is -0.193. The molecule has 4 nitrogen and oxygen atoms in total. The summed E-state index contributed by atoms with van der Waals surface area (Å²) in [6, 6.07) is 0. The summed E-state index contributed by atoms with van der Waals surface area (Å²) in [6.07, 6.45) is 5.51. The molecule has 0 saturated heterocycles. The molecule has 124 valence electrons. The van der Waals surface area contributed by atoms with E-state index in [4.69, 9.17) is 0 Å². The van der Waals surface area contributed by atoms with E-state index in [2.05, 4.69) is 0 Å². The third-order valence-electron chi connectivity index (χ3n) is 7.59. The van der Waals surface area contributed by atoms with E-state index >= 15 is 0 Å². The maximum Gasteiger partial charge on any atom is 0.166 e. The van der Waals surface area contributed by atoms with Crippen molar-refractivity contribution in [1.29, 1.82) is 0 Å². The lowest BCUT2D eigenvalue weighted by Gasteiger charge is -2.60. The van der Waals surface area contributed by atoms with Crippen LogP contribution >= 0.6 is 0 Å². The number of rotatable bonds is 0. The van der Waals surface area contributed by atoms with Gasteiger partial charge in [-0.15, -0.1) is 0 Å². The molecule has 0 bridgehead atoms. The molecule has 4 aliphatic rings. The second kappa shape index (κ2) is 4.41. The van der Waals surface area contributed by atoms with Crippen LogP contribution in [0, 0.1) is 22.7 Å². The zero-order valence-electron chi connectivity index (χ0n) is 13.9. The Labute approximate surface area is 136 Å². The highest BCUT2D eigenvalue weighted by molar-refractivity contribution is 5.99. The Kier molecular flexibility index (Phi) is 2.92. The van der Waals surface area contributed by atoms with Gasteiger partial charge >= 0.3 is 0 Å². The van der Waals surface area contributed by atoms with E-state index in [0.29, 0.717) is 25.7 Å². The van der Waals surface area contributed by atoms with Gasteiger partial charge in [0.1, 0.15) is 11.4 Å². The quantitative estimate of drug-likeness (QED) is 0.745. The Hall–Kier alpha value is -1.29. The fourth-order valence-electron chi connectivity index (χ4n) is 6.12. The van der Waals surface area contributed by atoms with Gasteiger partial charge in [0.25, 0.3) is 0 Å². The van der Waals surface area contributed by atoms with Crippen LogP contribution in [0.1, 0.15) is 58.8 Å². The number of Topliss-reactive ketones (excluding diaryl/α,β-unsaturated/α-hetero) is 2. The van der Waals surface area contributed by atoms with Crippen LogP contribution < -0.4 is 0 Å². The van der Waals surface area contributed by atoms with Gasteiger partial charge in [-0.25, -0.2) is 0 Å². The molecule has 0 aliphatic heterocycles. The fourth-order valence-corrected chi connectivity index (χ4v) is 6.12. The molecular formula is C19H24O4. The maximum absolute atomic E-state index is 13.1. The van der Waals surface area contributed by atoms with Gasteiger partial charge in [0.05, 0.1) is 0 Å². The van der Waals surface area contributed by atoms with Gasteiger partial charge in [0, 0.05) is 30.1 Å². The van der Waals surface area contributed by atoms with Crippen LogP contribution in [0.15, 0.2) is 11.6 Å². The highest BCUT2D eigenvalue weighted by Gasteiger charge is 2.69. The molecule has 4 heteroatoms. The summed E-state index contributed by atoms with van der Waals surface area (Å²) in [7, 11) is 0. The van der Waals surface area contributed by atoms with Crippen molar-refractivity contribution in [2.45, 2.75) is 64.4 Å². The van der Waals surface area contributed by atoms with E-state index in [1.807, 2.05) is 13.8 Å². The van der Waals surface area contributed by atoms with E-state index in [0.717, 1.165) is 18.4 Å². The molecule has 0 spiro atoms. The van der Waals surface area contributed by atoms with E-state index < -0.39 is 16.4 Å². The third kappa shape index (κ3) is 1.63. The molecular weight excluding hydrogens is 292 g/mol. The second-order valence-electron chi connectivity index (χ2n) is 8.47. The van der Waals surface area contributed by atoms with Crippen LogP contribution in [0.5, 0.6) is 0 Å². The van der Waals surface area contributed by atoms with Gasteiger partial charge < -0.3 is 5.11 Å². The van der Waals surface area contributed by atoms with Crippen molar-refractivity contribution in [3.8, 4) is 0 Å². The normalized spacial score (nSPS) is 49.3. The minimum Gasteiger partial charge on any atom is -0.381 e. The van der Waals surface area contributed by atoms with Gasteiger partial charge in [-0.2, -0.15) is 0 Å². The lowest BCUT2D eigenvalue weighted by Crippen LogP contribution is -2.68. The van der Waals surface area contributed by atoms with E-state index in [9.17, 15) is 19.5 Å². The van der Waals surface area contributed by atoms with Gasteiger partial charge in [-0.1, -0.05) is 19.4 Å². The SMILES string of the molecule is C[C@]12CCC(=O)C=C1CC[C@H]1[C@@H]3CCC(=O)[C@@]3(C)CC(=O)[C@@]12O. The molecule has 1 N–H and O–H groups in total. The average molecular weight is 316 g/mol. The summed E-state index contributed by atoms with van der Waals surface area (Å²) in [5, 5.41) is 11.6. The van der Waals surface area contributed by atoms with Crippen molar-refractivity contribution in [3.05, 3.63) is 11.6 Å². The lowest BCUT2D eigenvalue weighted by atomic mass is 9.44. The number of hydrogen-bond acceptors (Lipinski definition) is 4. The van der Waals surface area contributed by atoms with Crippen molar-refractivity contribution in [2.75, 3.05) is 0 Å². The number of carbonyl (C=O) groups excluding carboxylic acids is 3. The second-order valence-corrected chi connectivity index (χ2v) is 8.47. The summed E-state index contributed by atoms with van der Waals surface area (Å²) < 4.78 is 0. The molecule has 5 atom stereocenters. The zero-order valence-corrected chi connectivity index (χ0v) is 13.9. The van der Waals surface area contributed by atoms with E-state index in [1.165, 1.54) is 0 Å². The third-order valence-corrected chi connectivity index (χ3v) is 7.59. The smallest absolute Gasteiger partial charge is 0.166 e. The molecule has 0 aromatic rings. The summed E-state index contributed by atoms with van der Waals surface area (Å²) >= 11 is 0. The van der Waals surface area contributed by atoms with E-state index in [-0.39, 0.29) is 35.6 Å². The minimum absolute atomic E-state index is 0.0914.